The van der Waals surface area contributed by atoms with E-state index in [0.29, 0.717) is 19.7 Å². The third-order valence-electron chi connectivity index (χ3n) is 1.99. The van der Waals surface area contributed by atoms with E-state index in [1.54, 1.807) is 18.9 Å². The average Bonchev–Trinajstić information content (AvgIpc) is 2.23. The van der Waals surface area contributed by atoms with Crippen LogP contribution in [0.25, 0.3) is 0 Å². The van der Waals surface area contributed by atoms with Crippen molar-refractivity contribution in [3.8, 4) is 0 Å². The molecule has 3 amide bonds. The highest BCUT2D eigenvalue weighted by atomic mass is 16.5. The Morgan fingerprint density at radius 1 is 1.24 bits per heavy atom. The van der Waals surface area contributed by atoms with Gasteiger partial charge in [-0.05, 0) is 14.0 Å². The van der Waals surface area contributed by atoms with Crippen LogP contribution in [0.5, 0.6) is 0 Å². The van der Waals surface area contributed by atoms with Gasteiger partial charge < -0.3 is 15.4 Å². The SMILES string of the molecule is CCOC(=O)CCN(C)CCC(=O)NC(N)=O. The first kappa shape index (κ1) is 15.4. The summed E-state index contributed by atoms with van der Waals surface area (Å²) in [7, 11) is 1.77. The fourth-order valence-corrected chi connectivity index (χ4v) is 1.12. The highest BCUT2D eigenvalue weighted by molar-refractivity contribution is 5.93. The van der Waals surface area contributed by atoms with Crippen molar-refractivity contribution in [2.45, 2.75) is 19.8 Å². The number of esters is 1. The van der Waals surface area contributed by atoms with Gasteiger partial charge in [0.1, 0.15) is 0 Å². The lowest BCUT2D eigenvalue weighted by molar-refractivity contribution is -0.143. The van der Waals surface area contributed by atoms with Crippen molar-refractivity contribution in [3.63, 3.8) is 0 Å². The lowest BCUT2D eigenvalue weighted by atomic mass is 10.3. The van der Waals surface area contributed by atoms with Crippen LogP contribution in [-0.4, -0.2) is 49.6 Å². The Labute approximate surface area is 100 Å². The highest BCUT2D eigenvalue weighted by Gasteiger charge is 2.08. The quantitative estimate of drug-likeness (QED) is 0.586. The second-order valence-corrected chi connectivity index (χ2v) is 3.52. The molecule has 17 heavy (non-hydrogen) atoms. The molecule has 0 aromatic carbocycles. The number of primary amides is 1. The zero-order valence-corrected chi connectivity index (χ0v) is 10.2. The van der Waals surface area contributed by atoms with Gasteiger partial charge in [-0.15, -0.1) is 0 Å². The van der Waals surface area contributed by atoms with Crippen molar-refractivity contribution in [2.75, 3.05) is 26.7 Å². The van der Waals surface area contributed by atoms with Crippen LogP contribution >= 0.6 is 0 Å². The number of carbonyl (C=O) groups excluding carboxylic acids is 3. The molecule has 0 saturated carbocycles. The minimum absolute atomic E-state index is 0.155. The summed E-state index contributed by atoms with van der Waals surface area (Å²) in [5, 5.41) is 1.96. The van der Waals surface area contributed by atoms with Crippen LogP contribution in [0.2, 0.25) is 0 Å². The fourth-order valence-electron chi connectivity index (χ4n) is 1.12. The van der Waals surface area contributed by atoms with E-state index in [1.807, 2.05) is 5.32 Å². The first-order chi connectivity index (χ1) is 7.95. The molecular formula is C10H19N3O4. The van der Waals surface area contributed by atoms with Crippen LogP contribution in [0, 0.1) is 0 Å². The molecule has 0 bridgehead atoms. The number of imide groups is 1. The van der Waals surface area contributed by atoms with Gasteiger partial charge in [0.05, 0.1) is 13.0 Å². The van der Waals surface area contributed by atoms with Gasteiger partial charge in [0.2, 0.25) is 5.91 Å². The number of carbonyl (C=O) groups is 3. The predicted molar refractivity (Wildman–Crippen MR) is 61.1 cm³/mol. The van der Waals surface area contributed by atoms with Crippen LogP contribution in [0.3, 0.4) is 0 Å². The minimum atomic E-state index is -0.857. The van der Waals surface area contributed by atoms with E-state index in [4.69, 9.17) is 10.5 Å². The molecule has 0 aromatic heterocycles. The normalized spacial score (nSPS) is 10.1. The Hall–Kier alpha value is -1.63. The molecule has 0 fully saturated rings. The maximum atomic E-state index is 11.1. The lowest BCUT2D eigenvalue weighted by Crippen LogP contribution is -2.37. The van der Waals surface area contributed by atoms with Crippen molar-refractivity contribution in [3.05, 3.63) is 0 Å². The summed E-state index contributed by atoms with van der Waals surface area (Å²) in [6.45, 7) is 3.06. The summed E-state index contributed by atoms with van der Waals surface area (Å²) >= 11 is 0. The first-order valence-electron chi connectivity index (χ1n) is 5.39. The van der Waals surface area contributed by atoms with Crippen molar-refractivity contribution >= 4 is 17.9 Å². The Morgan fingerprint density at radius 2 is 1.82 bits per heavy atom. The number of rotatable bonds is 7. The third-order valence-corrected chi connectivity index (χ3v) is 1.99. The number of hydrogen-bond acceptors (Lipinski definition) is 5. The summed E-state index contributed by atoms with van der Waals surface area (Å²) in [5.41, 5.74) is 4.79. The van der Waals surface area contributed by atoms with Gasteiger partial charge in [0.15, 0.2) is 0 Å². The van der Waals surface area contributed by atoms with Crippen LogP contribution in [0.1, 0.15) is 19.8 Å². The molecule has 0 spiro atoms. The van der Waals surface area contributed by atoms with Crippen molar-refractivity contribution in [1.82, 2.24) is 10.2 Å². The minimum Gasteiger partial charge on any atom is -0.466 e. The van der Waals surface area contributed by atoms with E-state index in [-0.39, 0.29) is 18.8 Å². The average molecular weight is 245 g/mol. The van der Waals surface area contributed by atoms with E-state index < -0.39 is 11.9 Å². The zero-order chi connectivity index (χ0) is 13.3. The monoisotopic (exact) mass is 245 g/mol. The molecule has 0 aliphatic rings. The maximum absolute atomic E-state index is 11.1. The summed E-state index contributed by atoms with van der Waals surface area (Å²) < 4.78 is 4.76. The number of urea groups is 1. The van der Waals surface area contributed by atoms with Crippen LogP contribution in [0.4, 0.5) is 4.79 Å². The van der Waals surface area contributed by atoms with Gasteiger partial charge in [-0.25, -0.2) is 4.79 Å². The molecule has 0 aliphatic heterocycles. The summed E-state index contributed by atoms with van der Waals surface area (Å²) in [6, 6.07) is -0.857. The number of hydrogen-bond donors (Lipinski definition) is 2. The largest absolute Gasteiger partial charge is 0.466 e. The van der Waals surface area contributed by atoms with E-state index in [2.05, 4.69) is 0 Å². The van der Waals surface area contributed by atoms with Crippen molar-refractivity contribution < 1.29 is 19.1 Å². The Balaban J connectivity index is 3.65. The lowest BCUT2D eigenvalue weighted by Gasteiger charge is -2.15. The van der Waals surface area contributed by atoms with Gasteiger partial charge in [-0.2, -0.15) is 0 Å². The zero-order valence-electron chi connectivity index (χ0n) is 10.2. The number of amides is 3. The molecule has 0 saturated heterocycles. The molecule has 7 heteroatoms. The molecular weight excluding hydrogens is 226 g/mol. The number of ether oxygens (including phenoxy) is 1. The maximum Gasteiger partial charge on any atom is 0.318 e. The summed E-state index contributed by atoms with van der Waals surface area (Å²) in [5.74, 6) is -0.693. The molecule has 0 aliphatic carbocycles. The van der Waals surface area contributed by atoms with E-state index in [1.165, 1.54) is 0 Å². The van der Waals surface area contributed by atoms with Gasteiger partial charge in [-0.3, -0.25) is 14.9 Å². The van der Waals surface area contributed by atoms with Crippen LogP contribution in [0.15, 0.2) is 0 Å². The molecule has 0 aromatic rings. The molecule has 7 nitrogen and oxygen atoms in total. The number of nitrogens with two attached hydrogens (primary N) is 1. The predicted octanol–water partition coefficient (Wildman–Crippen LogP) is -0.544. The van der Waals surface area contributed by atoms with Crippen LogP contribution in [-0.2, 0) is 14.3 Å². The molecule has 0 radical (unpaired) electrons. The topological polar surface area (TPSA) is 102 Å². The highest BCUT2D eigenvalue weighted by Crippen LogP contribution is 1.93. The van der Waals surface area contributed by atoms with E-state index >= 15 is 0 Å². The fraction of sp³-hybridized carbons (Fsp3) is 0.700. The molecule has 0 atom stereocenters. The standard InChI is InChI=1S/C10H19N3O4/c1-3-17-9(15)5-7-13(2)6-4-8(14)12-10(11)16/h3-7H2,1-2H3,(H3,11,12,14,16). The summed E-state index contributed by atoms with van der Waals surface area (Å²) in [4.78, 5) is 34.3. The molecule has 3 N–H and O–H groups in total. The Morgan fingerprint density at radius 3 is 2.35 bits per heavy atom. The second kappa shape index (κ2) is 8.51. The van der Waals surface area contributed by atoms with E-state index in [0.717, 1.165) is 0 Å². The third kappa shape index (κ3) is 9.31. The second-order valence-electron chi connectivity index (χ2n) is 3.52. The van der Waals surface area contributed by atoms with Crippen LogP contribution < -0.4 is 11.1 Å². The van der Waals surface area contributed by atoms with Gasteiger partial charge >= 0.3 is 12.0 Å². The number of nitrogens with zero attached hydrogens (tertiary/aromatic N) is 1. The number of nitrogens with one attached hydrogen (secondary N) is 1. The first-order valence-corrected chi connectivity index (χ1v) is 5.39. The Kier molecular flexibility index (Phi) is 7.70. The molecule has 0 heterocycles. The molecule has 98 valence electrons. The summed E-state index contributed by atoms with van der Waals surface area (Å²) in [6.07, 6.45) is 0.435. The van der Waals surface area contributed by atoms with E-state index in [9.17, 15) is 14.4 Å². The smallest absolute Gasteiger partial charge is 0.318 e. The van der Waals surface area contributed by atoms with Gasteiger partial charge in [0.25, 0.3) is 0 Å². The van der Waals surface area contributed by atoms with Gasteiger partial charge in [0, 0.05) is 19.5 Å². The molecule has 0 unspecified atom stereocenters. The van der Waals surface area contributed by atoms with Gasteiger partial charge in [-0.1, -0.05) is 0 Å². The Bertz CT molecular complexity index is 281. The van der Waals surface area contributed by atoms with Crippen molar-refractivity contribution in [1.29, 1.82) is 0 Å². The van der Waals surface area contributed by atoms with Crippen molar-refractivity contribution in [2.24, 2.45) is 5.73 Å². The molecule has 0 rings (SSSR count).